The standard InChI is InChI=1S/C19H15NO5S/c21-19(22)14-5-4-8-18(13-14)26(23,24)20-15-9-11-17(12-10-15)25-16-6-2-1-3-7-16/h1-13,20H,(H,21,22)/p-1. The first kappa shape index (κ1) is 17.5. The smallest absolute Gasteiger partial charge is 0.261 e. The molecular weight excluding hydrogens is 354 g/mol. The minimum absolute atomic E-state index is 0.163. The number of carboxylic acids is 1. The van der Waals surface area contributed by atoms with Crippen LogP contribution >= 0.6 is 0 Å². The van der Waals surface area contributed by atoms with E-state index < -0.39 is 16.0 Å². The Morgan fingerprint density at radius 2 is 1.50 bits per heavy atom. The quantitative estimate of drug-likeness (QED) is 0.722. The van der Waals surface area contributed by atoms with Gasteiger partial charge in [-0.25, -0.2) is 8.42 Å². The highest BCUT2D eigenvalue weighted by Crippen LogP contribution is 2.24. The highest BCUT2D eigenvalue weighted by atomic mass is 32.2. The fraction of sp³-hybridized carbons (Fsp3) is 0. The van der Waals surface area contributed by atoms with Gasteiger partial charge in [0.15, 0.2) is 0 Å². The highest BCUT2D eigenvalue weighted by molar-refractivity contribution is 7.92. The number of benzene rings is 3. The number of rotatable bonds is 6. The molecule has 3 rings (SSSR count). The summed E-state index contributed by atoms with van der Waals surface area (Å²) in [4.78, 5) is 10.7. The maximum absolute atomic E-state index is 12.4. The third-order valence-electron chi connectivity index (χ3n) is 3.47. The lowest BCUT2D eigenvalue weighted by Crippen LogP contribution is -2.23. The van der Waals surface area contributed by atoms with Gasteiger partial charge in [0.1, 0.15) is 11.5 Å². The number of carboxylic acid groups (broad SMARTS) is 1. The van der Waals surface area contributed by atoms with Crippen molar-refractivity contribution in [3.8, 4) is 11.5 Å². The summed E-state index contributed by atoms with van der Waals surface area (Å²) in [5.41, 5.74) is 0.115. The number of aromatic carboxylic acids is 1. The average molecular weight is 368 g/mol. The second-order valence-corrected chi connectivity index (χ2v) is 7.04. The van der Waals surface area contributed by atoms with Gasteiger partial charge in [0.25, 0.3) is 10.0 Å². The van der Waals surface area contributed by atoms with E-state index >= 15 is 0 Å². The number of anilines is 1. The monoisotopic (exact) mass is 368 g/mol. The lowest BCUT2D eigenvalue weighted by molar-refractivity contribution is -0.255. The average Bonchev–Trinajstić information content (AvgIpc) is 2.64. The molecule has 0 aromatic heterocycles. The summed E-state index contributed by atoms with van der Waals surface area (Å²) >= 11 is 0. The molecule has 0 heterocycles. The van der Waals surface area contributed by atoms with Gasteiger partial charge in [-0.2, -0.15) is 0 Å². The van der Waals surface area contributed by atoms with Crippen molar-refractivity contribution in [2.45, 2.75) is 4.90 Å². The topological polar surface area (TPSA) is 95.5 Å². The maximum atomic E-state index is 12.4. The van der Waals surface area contributed by atoms with E-state index in [0.717, 1.165) is 6.07 Å². The van der Waals surface area contributed by atoms with Crippen LogP contribution in [0.15, 0.2) is 83.8 Å². The van der Waals surface area contributed by atoms with E-state index in [1.165, 1.54) is 18.2 Å². The number of para-hydroxylation sites is 1. The first-order valence-corrected chi connectivity index (χ1v) is 9.09. The molecule has 7 heteroatoms. The van der Waals surface area contributed by atoms with Gasteiger partial charge in [-0.05, 0) is 54.1 Å². The van der Waals surface area contributed by atoms with Crippen molar-refractivity contribution in [3.05, 3.63) is 84.4 Å². The predicted molar refractivity (Wildman–Crippen MR) is 94.5 cm³/mol. The molecule has 0 bridgehead atoms. The highest BCUT2D eigenvalue weighted by Gasteiger charge is 2.15. The van der Waals surface area contributed by atoms with Crippen molar-refractivity contribution in [2.75, 3.05) is 4.72 Å². The van der Waals surface area contributed by atoms with Gasteiger partial charge in [0.2, 0.25) is 0 Å². The molecule has 0 aliphatic rings. The number of nitrogens with one attached hydrogen (secondary N) is 1. The molecule has 26 heavy (non-hydrogen) atoms. The molecule has 0 saturated carbocycles. The van der Waals surface area contributed by atoms with E-state index in [2.05, 4.69) is 4.72 Å². The second-order valence-electron chi connectivity index (χ2n) is 5.36. The molecule has 6 nitrogen and oxygen atoms in total. The Kier molecular flexibility index (Phi) is 4.90. The van der Waals surface area contributed by atoms with E-state index in [4.69, 9.17) is 4.74 Å². The molecule has 0 saturated heterocycles. The van der Waals surface area contributed by atoms with Crippen molar-refractivity contribution in [1.29, 1.82) is 0 Å². The summed E-state index contributed by atoms with van der Waals surface area (Å²) in [5, 5.41) is 10.9. The summed E-state index contributed by atoms with van der Waals surface area (Å²) in [7, 11) is -3.92. The number of hydrogen-bond acceptors (Lipinski definition) is 5. The van der Waals surface area contributed by atoms with Crippen LogP contribution in [0.25, 0.3) is 0 Å². The molecule has 0 atom stereocenters. The molecule has 0 spiro atoms. The Bertz CT molecular complexity index is 1020. The van der Waals surface area contributed by atoms with Gasteiger partial charge in [-0.15, -0.1) is 0 Å². The minimum Gasteiger partial charge on any atom is -0.545 e. The fourth-order valence-electron chi connectivity index (χ4n) is 2.22. The lowest BCUT2D eigenvalue weighted by Gasteiger charge is -2.11. The van der Waals surface area contributed by atoms with E-state index in [9.17, 15) is 18.3 Å². The summed E-state index contributed by atoms with van der Waals surface area (Å²) < 4.78 is 32.8. The molecule has 1 N–H and O–H groups in total. The summed E-state index contributed by atoms with van der Waals surface area (Å²) in [5.74, 6) is -0.220. The zero-order valence-corrected chi connectivity index (χ0v) is 14.3. The number of hydrogen-bond donors (Lipinski definition) is 1. The van der Waals surface area contributed by atoms with Crippen LogP contribution in [0.3, 0.4) is 0 Å². The van der Waals surface area contributed by atoms with E-state index in [1.807, 2.05) is 18.2 Å². The molecule has 0 aliphatic heterocycles. The second kappa shape index (κ2) is 7.28. The Labute approximate surface area is 150 Å². The largest absolute Gasteiger partial charge is 0.545 e. The molecule has 3 aromatic carbocycles. The Morgan fingerprint density at radius 1 is 0.846 bits per heavy atom. The Balaban J connectivity index is 1.76. The maximum Gasteiger partial charge on any atom is 0.261 e. The molecular formula is C19H14NO5S-. The SMILES string of the molecule is O=C([O-])c1cccc(S(=O)(=O)Nc2ccc(Oc3ccccc3)cc2)c1. The lowest BCUT2D eigenvalue weighted by atomic mass is 10.2. The number of sulfonamides is 1. The van der Waals surface area contributed by atoms with Gasteiger partial charge in [0, 0.05) is 5.69 Å². The Hall–Kier alpha value is -3.32. The van der Waals surface area contributed by atoms with E-state index in [-0.39, 0.29) is 10.5 Å². The van der Waals surface area contributed by atoms with Crippen molar-refractivity contribution in [1.82, 2.24) is 0 Å². The molecule has 3 aromatic rings. The van der Waals surface area contributed by atoms with E-state index in [1.54, 1.807) is 36.4 Å². The van der Waals surface area contributed by atoms with Gasteiger partial charge < -0.3 is 14.6 Å². The van der Waals surface area contributed by atoms with Gasteiger partial charge in [-0.1, -0.05) is 30.3 Å². The number of carbonyl (C=O) groups excluding carboxylic acids is 1. The number of carbonyl (C=O) groups is 1. The Morgan fingerprint density at radius 3 is 2.15 bits per heavy atom. The van der Waals surface area contributed by atoms with Crippen LogP contribution in [0.1, 0.15) is 10.4 Å². The van der Waals surface area contributed by atoms with Crippen molar-refractivity contribution in [3.63, 3.8) is 0 Å². The normalized spacial score (nSPS) is 10.9. The van der Waals surface area contributed by atoms with Crippen LogP contribution in [0.2, 0.25) is 0 Å². The van der Waals surface area contributed by atoms with Crippen molar-refractivity contribution < 1.29 is 23.1 Å². The first-order chi connectivity index (χ1) is 12.4. The van der Waals surface area contributed by atoms with Crippen molar-refractivity contribution >= 4 is 21.7 Å². The van der Waals surface area contributed by atoms with Crippen LogP contribution in [0.4, 0.5) is 5.69 Å². The first-order valence-electron chi connectivity index (χ1n) is 7.61. The zero-order chi connectivity index (χ0) is 18.6. The van der Waals surface area contributed by atoms with Crippen LogP contribution in [-0.2, 0) is 10.0 Å². The van der Waals surface area contributed by atoms with Crippen LogP contribution in [0, 0.1) is 0 Å². The third kappa shape index (κ3) is 4.20. The molecule has 0 unspecified atom stereocenters. The third-order valence-corrected chi connectivity index (χ3v) is 4.84. The molecule has 132 valence electrons. The van der Waals surface area contributed by atoms with Gasteiger partial charge in [-0.3, -0.25) is 4.72 Å². The molecule has 0 amide bonds. The molecule has 0 fully saturated rings. The van der Waals surface area contributed by atoms with Crippen LogP contribution in [-0.4, -0.2) is 14.4 Å². The zero-order valence-electron chi connectivity index (χ0n) is 13.5. The predicted octanol–water partition coefficient (Wildman–Crippen LogP) is 2.64. The summed E-state index contributed by atoms with van der Waals surface area (Å²) in [6.07, 6.45) is 0. The molecule has 0 aliphatic carbocycles. The summed E-state index contributed by atoms with van der Waals surface area (Å²) in [6.45, 7) is 0. The van der Waals surface area contributed by atoms with Gasteiger partial charge >= 0.3 is 0 Å². The number of ether oxygens (including phenoxy) is 1. The van der Waals surface area contributed by atoms with Crippen LogP contribution in [0.5, 0.6) is 11.5 Å². The minimum atomic E-state index is -3.92. The van der Waals surface area contributed by atoms with Crippen molar-refractivity contribution in [2.24, 2.45) is 0 Å². The summed E-state index contributed by atoms with van der Waals surface area (Å²) in [6, 6.07) is 20.5. The fourth-order valence-corrected chi connectivity index (χ4v) is 3.32. The molecule has 0 radical (unpaired) electrons. The van der Waals surface area contributed by atoms with Crippen LogP contribution < -0.4 is 14.6 Å². The van der Waals surface area contributed by atoms with E-state index in [0.29, 0.717) is 17.2 Å². The van der Waals surface area contributed by atoms with Gasteiger partial charge in [0.05, 0.1) is 10.9 Å².